The number of esters is 4. The molecule has 0 heterocycles. The fourth-order valence-corrected chi connectivity index (χ4v) is 8.34. The number of carbonyl (C=O) groups is 6. The maximum Gasteiger partial charge on any atom is 0.305 e. The van der Waals surface area contributed by atoms with Crippen molar-refractivity contribution in [3.05, 3.63) is 0 Å². The van der Waals surface area contributed by atoms with Gasteiger partial charge in [-0.1, -0.05) is 182 Å². The van der Waals surface area contributed by atoms with E-state index in [1.807, 2.05) is 4.90 Å². The largest absolute Gasteiger partial charge is 0.464 e. The molecule has 0 spiro atoms. The molecule has 0 aliphatic heterocycles. The Kier molecular flexibility index (Phi) is 48.3. The number of rotatable bonds is 52. The summed E-state index contributed by atoms with van der Waals surface area (Å²) in [5, 5.41) is 0. The average Bonchev–Trinajstić information content (AvgIpc) is 3.34. The topological polar surface area (TPSA) is 175 Å². The quantitative estimate of drug-likeness (QED) is 0.0347. The Labute approximate surface area is 427 Å². The van der Waals surface area contributed by atoms with E-state index in [9.17, 15) is 28.8 Å². The van der Waals surface area contributed by atoms with Crippen LogP contribution in [0.4, 0.5) is 0 Å². The molecular weight excluding hydrogens is 889 g/mol. The minimum Gasteiger partial charge on any atom is -0.464 e. The molecule has 0 aliphatic carbocycles. The fraction of sp³-hybridized carbons (Fsp3) is 0.893. The van der Waals surface area contributed by atoms with E-state index in [1.165, 1.54) is 103 Å². The number of unbranched alkanes of at least 4 members (excludes halogenated alkanes) is 24. The zero-order chi connectivity index (χ0) is 51.6. The Hall–Kier alpha value is -3.26. The van der Waals surface area contributed by atoms with Gasteiger partial charge in [-0.2, -0.15) is 0 Å². The number of ether oxygens (including phenoxy) is 4. The molecule has 410 valence electrons. The van der Waals surface area contributed by atoms with E-state index in [-0.39, 0.29) is 101 Å². The summed E-state index contributed by atoms with van der Waals surface area (Å²) in [6, 6.07) is 0. The summed E-state index contributed by atoms with van der Waals surface area (Å²) in [6.07, 6.45) is 32.4. The highest BCUT2D eigenvalue weighted by molar-refractivity contribution is 5.77. The Bertz CT molecular complexity index is 1120. The smallest absolute Gasteiger partial charge is 0.305 e. The van der Waals surface area contributed by atoms with E-state index in [2.05, 4.69) is 27.7 Å². The van der Waals surface area contributed by atoms with Crippen molar-refractivity contribution in [2.24, 2.45) is 5.73 Å². The Balaban J connectivity index is 5.41. The lowest BCUT2D eigenvalue weighted by Crippen LogP contribution is -2.42. The van der Waals surface area contributed by atoms with Crippen LogP contribution in [-0.4, -0.2) is 129 Å². The third-order valence-corrected chi connectivity index (χ3v) is 12.9. The van der Waals surface area contributed by atoms with Gasteiger partial charge in [0.1, 0.15) is 26.4 Å². The normalized spacial score (nSPS) is 11.2. The van der Waals surface area contributed by atoms with E-state index in [1.54, 1.807) is 9.80 Å². The highest BCUT2D eigenvalue weighted by atomic mass is 16.5. The van der Waals surface area contributed by atoms with Crippen LogP contribution in [0.25, 0.3) is 0 Å². The average molecular weight is 995 g/mol. The third kappa shape index (κ3) is 43.5. The van der Waals surface area contributed by atoms with Crippen LogP contribution in [0.2, 0.25) is 0 Å². The molecule has 0 aromatic heterocycles. The second kappa shape index (κ2) is 50.7. The lowest BCUT2D eigenvalue weighted by atomic mass is 10.1. The standard InChI is InChI=1S/C56H106N4O10/c1-5-9-13-17-21-25-29-33-53(63)67-47-43-59(44-48-68-54(64)34-30-26-22-18-14-10-6-2)51(61)37-40-58(42-39-57)41-38-52(62)60(45-49-69-55(65)35-31-27-23-19-15-11-7-3)46-50-70-56(66)36-32-28-24-20-16-12-8-4/h5-50,57H2,1-4H3. The summed E-state index contributed by atoms with van der Waals surface area (Å²) in [4.78, 5) is 82.8. The molecule has 0 aromatic carbocycles. The van der Waals surface area contributed by atoms with Gasteiger partial charge in [-0.25, -0.2) is 0 Å². The fourth-order valence-electron chi connectivity index (χ4n) is 8.34. The first kappa shape index (κ1) is 66.7. The monoisotopic (exact) mass is 995 g/mol. The summed E-state index contributed by atoms with van der Waals surface area (Å²) in [6.45, 7) is 11.1. The van der Waals surface area contributed by atoms with Crippen LogP contribution in [0.15, 0.2) is 0 Å². The minimum absolute atomic E-state index is 0.0484. The highest BCUT2D eigenvalue weighted by Crippen LogP contribution is 2.13. The SMILES string of the molecule is CCCCCCCCCC(=O)OCCN(CCOC(=O)CCCCCCCCC)C(=O)CCN(CCN)CCC(=O)N(CCOC(=O)CCCCCCCCC)CCOC(=O)CCCCCCCCC. The second-order valence-electron chi connectivity index (χ2n) is 19.3. The van der Waals surface area contributed by atoms with Gasteiger partial charge in [0.25, 0.3) is 0 Å². The molecule has 0 aromatic rings. The molecular formula is C56H106N4O10. The number of amides is 2. The van der Waals surface area contributed by atoms with Gasteiger partial charge in [-0.3, -0.25) is 28.8 Å². The number of nitrogens with zero attached hydrogens (tertiary/aromatic N) is 3. The van der Waals surface area contributed by atoms with E-state index >= 15 is 0 Å². The maximum absolute atomic E-state index is 13.7. The van der Waals surface area contributed by atoms with Gasteiger partial charge in [0, 0.05) is 64.7 Å². The molecule has 2 N–H and O–H groups in total. The Morgan fingerprint density at radius 3 is 0.757 bits per heavy atom. The molecule has 0 rings (SSSR count). The first-order chi connectivity index (χ1) is 34.1. The van der Waals surface area contributed by atoms with E-state index in [0.29, 0.717) is 51.9 Å². The van der Waals surface area contributed by atoms with Crippen molar-refractivity contribution in [3.63, 3.8) is 0 Å². The van der Waals surface area contributed by atoms with Crippen LogP contribution in [-0.2, 0) is 47.7 Å². The molecule has 0 saturated carbocycles. The number of nitrogens with two attached hydrogens (primary N) is 1. The lowest BCUT2D eigenvalue weighted by Gasteiger charge is -2.27. The minimum atomic E-state index is -0.279. The zero-order valence-corrected chi connectivity index (χ0v) is 45.5. The summed E-state index contributed by atoms with van der Waals surface area (Å²) < 4.78 is 22.2. The van der Waals surface area contributed by atoms with Crippen LogP contribution < -0.4 is 5.73 Å². The van der Waals surface area contributed by atoms with Crippen molar-refractivity contribution in [3.8, 4) is 0 Å². The summed E-state index contributed by atoms with van der Waals surface area (Å²) in [7, 11) is 0. The number of hydrogen-bond donors (Lipinski definition) is 1. The van der Waals surface area contributed by atoms with Crippen molar-refractivity contribution < 1.29 is 47.7 Å². The molecule has 14 heteroatoms. The van der Waals surface area contributed by atoms with Gasteiger partial charge in [-0.05, 0) is 25.7 Å². The Morgan fingerprint density at radius 1 is 0.300 bits per heavy atom. The molecule has 0 saturated heterocycles. The maximum atomic E-state index is 13.7. The van der Waals surface area contributed by atoms with Gasteiger partial charge in [0.2, 0.25) is 11.8 Å². The van der Waals surface area contributed by atoms with Crippen LogP contribution >= 0.6 is 0 Å². The van der Waals surface area contributed by atoms with Gasteiger partial charge in [0.15, 0.2) is 0 Å². The van der Waals surface area contributed by atoms with Crippen LogP contribution in [0.1, 0.15) is 246 Å². The van der Waals surface area contributed by atoms with Crippen molar-refractivity contribution in [1.29, 1.82) is 0 Å². The van der Waals surface area contributed by atoms with Gasteiger partial charge < -0.3 is 39.4 Å². The number of hydrogen-bond acceptors (Lipinski definition) is 12. The van der Waals surface area contributed by atoms with Crippen LogP contribution in [0.3, 0.4) is 0 Å². The zero-order valence-electron chi connectivity index (χ0n) is 45.5. The first-order valence-electron chi connectivity index (χ1n) is 28.7. The molecule has 0 bridgehead atoms. The Morgan fingerprint density at radius 2 is 0.529 bits per heavy atom. The van der Waals surface area contributed by atoms with Crippen molar-refractivity contribution in [1.82, 2.24) is 14.7 Å². The second-order valence-corrected chi connectivity index (χ2v) is 19.3. The van der Waals surface area contributed by atoms with Gasteiger partial charge in [-0.15, -0.1) is 0 Å². The van der Waals surface area contributed by atoms with E-state index in [0.717, 1.165) is 77.0 Å². The summed E-state index contributed by atoms with van der Waals surface area (Å²) >= 11 is 0. The molecule has 0 fully saturated rings. The molecule has 2 amide bonds. The third-order valence-electron chi connectivity index (χ3n) is 12.9. The molecule has 0 aliphatic rings. The van der Waals surface area contributed by atoms with Gasteiger partial charge in [0.05, 0.1) is 26.2 Å². The lowest BCUT2D eigenvalue weighted by molar-refractivity contribution is -0.148. The first-order valence-corrected chi connectivity index (χ1v) is 28.7. The summed E-state index contributed by atoms with van der Waals surface area (Å²) in [5.74, 6) is -1.48. The van der Waals surface area contributed by atoms with Gasteiger partial charge >= 0.3 is 23.9 Å². The highest BCUT2D eigenvalue weighted by Gasteiger charge is 2.20. The molecule has 14 nitrogen and oxygen atoms in total. The van der Waals surface area contributed by atoms with Crippen molar-refractivity contribution in [2.75, 3.05) is 78.8 Å². The molecule has 0 radical (unpaired) electrons. The van der Waals surface area contributed by atoms with E-state index < -0.39 is 0 Å². The molecule has 70 heavy (non-hydrogen) atoms. The molecule has 0 atom stereocenters. The van der Waals surface area contributed by atoms with Crippen LogP contribution in [0.5, 0.6) is 0 Å². The van der Waals surface area contributed by atoms with E-state index in [4.69, 9.17) is 24.7 Å². The van der Waals surface area contributed by atoms with Crippen molar-refractivity contribution in [2.45, 2.75) is 246 Å². The molecule has 0 unspecified atom stereocenters. The summed E-state index contributed by atoms with van der Waals surface area (Å²) in [5.41, 5.74) is 5.99. The van der Waals surface area contributed by atoms with Crippen LogP contribution in [0, 0.1) is 0 Å². The predicted octanol–water partition coefficient (Wildman–Crippen LogP) is 11.4. The number of carbonyl (C=O) groups excluding carboxylic acids is 6. The predicted molar refractivity (Wildman–Crippen MR) is 282 cm³/mol. The van der Waals surface area contributed by atoms with Crippen molar-refractivity contribution >= 4 is 35.7 Å².